The van der Waals surface area contributed by atoms with E-state index in [1.165, 1.54) is 29.3 Å². The van der Waals surface area contributed by atoms with Gasteiger partial charge in [0.25, 0.3) is 10.0 Å². The highest BCUT2D eigenvalue weighted by Gasteiger charge is 2.40. The lowest BCUT2D eigenvalue weighted by Crippen LogP contribution is -2.45. The van der Waals surface area contributed by atoms with Crippen molar-refractivity contribution in [3.8, 4) is 5.75 Å². The van der Waals surface area contributed by atoms with Crippen LogP contribution in [0.15, 0.2) is 59.5 Å². The zero-order valence-electron chi connectivity index (χ0n) is 17.2. The maximum Gasteiger partial charge on any atom is 0.264 e. The highest BCUT2D eigenvalue weighted by atomic mass is 32.2. The number of carbonyl (C=O) groups excluding carboxylic acids is 1. The predicted molar refractivity (Wildman–Crippen MR) is 116 cm³/mol. The lowest BCUT2D eigenvalue weighted by atomic mass is 9.95. The molecule has 0 unspecified atom stereocenters. The van der Waals surface area contributed by atoms with Gasteiger partial charge in [-0.25, -0.2) is 8.42 Å². The van der Waals surface area contributed by atoms with E-state index in [2.05, 4.69) is 5.32 Å². The first-order valence-corrected chi connectivity index (χ1v) is 12.0. The van der Waals surface area contributed by atoms with Gasteiger partial charge in [-0.3, -0.25) is 9.10 Å². The summed E-state index contributed by atoms with van der Waals surface area (Å²) < 4.78 is 33.4. The van der Waals surface area contributed by atoms with Crippen LogP contribution in [0.4, 0.5) is 5.69 Å². The number of para-hydroxylation sites is 1. The molecule has 6 nitrogen and oxygen atoms in total. The number of amides is 1. The van der Waals surface area contributed by atoms with Crippen LogP contribution >= 0.6 is 0 Å². The van der Waals surface area contributed by atoms with Gasteiger partial charge in [-0.05, 0) is 74.4 Å². The number of fused-ring (bicyclic) bond motifs is 2. The molecule has 0 spiro atoms. The topological polar surface area (TPSA) is 75.7 Å². The zero-order valence-corrected chi connectivity index (χ0v) is 18.0. The number of nitrogens with one attached hydrogen (secondary N) is 1. The summed E-state index contributed by atoms with van der Waals surface area (Å²) in [6.07, 6.45) is 4.59. The fourth-order valence-corrected chi connectivity index (χ4v) is 6.14. The molecule has 2 fully saturated rings. The lowest BCUT2D eigenvalue weighted by molar-refractivity contribution is -0.120. The Hall–Kier alpha value is -2.54. The number of carbonyl (C=O) groups is 1. The number of hydrogen-bond acceptors (Lipinski definition) is 4. The Bertz CT molecular complexity index is 976. The van der Waals surface area contributed by atoms with Crippen LogP contribution in [0.5, 0.6) is 5.75 Å². The zero-order chi connectivity index (χ0) is 21.1. The van der Waals surface area contributed by atoms with E-state index in [1.807, 2.05) is 13.0 Å². The van der Waals surface area contributed by atoms with Crippen molar-refractivity contribution in [1.82, 2.24) is 5.32 Å². The van der Waals surface area contributed by atoms with E-state index in [4.69, 9.17) is 4.74 Å². The molecule has 2 aliphatic rings. The third kappa shape index (κ3) is 4.31. The summed E-state index contributed by atoms with van der Waals surface area (Å²) in [5, 5.41) is 3.09. The van der Waals surface area contributed by atoms with E-state index in [-0.39, 0.29) is 23.4 Å². The van der Waals surface area contributed by atoms with E-state index < -0.39 is 10.0 Å². The molecule has 0 saturated heterocycles. The minimum Gasteiger partial charge on any atom is -0.494 e. The van der Waals surface area contributed by atoms with Crippen molar-refractivity contribution in [3.05, 3.63) is 54.6 Å². The molecule has 2 bridgehead atoms. The third-order valence-corrected chi connectivity index (χ3v) is 7.93. The van der Waals surface area contributed by atoms with Gasteiger partial charge in [0.1, 0.15) is 12.3 Å². The Morgan fingerprint density at radius 3 is 2.40 bits per heavy atom. The molecule has 0 heterocycles. The molecular weight excluding hydrogens is 400 g/mol. The van der Waals surface area contributed by atoms with Crippen molar-refractivity contribution < 1.29 is 17.9 Å². The van der Waals surface area contributed by atoms with Crippen molar-refractivity contribution in [3.63, 3.8) is 0 Å². The molecule has 1 N–H and O–H groups in total. The van der Waals surface area contributed by atoms with Gasteiger partial charge >= 0.3 is 0 Å². The van der Waals surface area contributed by atoms with Crippen LogP contribution in [0.3, 0.4) is 0 Å². The lowest BCUT2D eigenvalue weighted by Gasteiger charge is -2.27. The first-order chi connectivity index (χ1) is 14.5. The minimum atomic E-state index is -3.91. The van der Waals surface area contributed by atoms with Crippen LogP contribution in [-0.4, -0.2) is 33.5 Å². The maximum absolute atomic E-state index is 13.4. The summed E-state index contributed by atoms with van der Waals surface area (Å²) >= 11 is 0. The van der Waals surface area contributed by atoms with Gasteiger partial charge in [-0.2, -0.15) is 0 Å². The highest BCUT2D eigenvalue weighted by molar-refractivity contribution is 7.92. The summed E-state index contributed by atoms with van der Waals surface area (Å²) in [6.45, 7) is 2.13. The van der Waals surface area contributed by atoms with E-state index >= 15 is 0 Å². The molecule has 7 heteroatoms. The van der Waals surface area contributed by atoms with Gasteiger partial charge in [0.05, 0.1) is 17.2 Å². The van der Waals surface area contributed by atoms with E-state index in [9.17, 15) is 13.2 Å². The smallest absolute Gasteiger partial charge is 0.264 e. The normalized spacial score (nSPS) is 22.6. The van der Waals surface area contributed by atoms with Gasteiger partial charge < -0.3 is 10.1 Å². The summed E-state index contributed by atoms with van der Waals surface area (Å²) in [7, 11) is -3.91. The standard InChI is InChI=1S/C23H28N2O4S/c1-2-29-20-10-12-21(13-11-20)30(27,28)25(19-6-4-3-5-7-19)16-23(26)24-22-15-17-8-9-18(22)14-17/h3-7,10-13,17-18,22H,2,8-9,14-16H2,1H3,(H,24,26)/t17-,18-,22-/m0/s1. The predicted octanol–water partition coefficient (Wildman–Crippen LogP) is 3.59. The average Bonchev–Trinajstić information content (AvgIpc) is 3.36. The van der Waals surface area contributed by atoms with Crippen molar-refractivity contribution in [2.75, 3.05) is 17.5 Å². The number of ether oxygens (including phenoxy) is 1. The van der Waals surface area contributed by atoms with Crippen LogP contribution in [0.1, 0.15) is 32.6 Å². The Morgan fingerprint density at radius 1 is 1.07 bits per heavy atom. The first kappa shape index (κ1) is 20.7. The number of hydrogen-bond donors (Lipinski definition) is 1. The van der Waals surface area contributed by atoms with Gasteiger partial charge in [0.2, 0.25) is 5.91 Å². The van der Waals surface area contributed by atoms with Gasteiger partial charge in [-0.15, -0.1) is 0 Å². The Balaban J connectivity index is 1.55. The fourth-order valence-electron chi connectivity index (χ4n) is 4.72. The minimum absolute atomic E-state index is 0.127. The molecule has 1 amide bonds. The second kappa shape index (κ2) is 8.68. The van der Waals surface area contributed by atoms with Crippen molar-refractivity contribution >= 4 is 21.6 Å². The number of rotatable bonds is 8. The molecule has 30 heavy (non-hydrogen) atoms. The average molecular weight is 429 g/mol. The third-order valence-electron chi connectivity index (χ3n) is 6.14. The fraction of sp³-hybridized carbons (Fsp3) is 0.435. The molecule has 0 radical (unpaired) electrons. The van der Waals surface area contributed by atoms with Crippen LogP contribution in [-0.2, 0) is 14.8 Å². The SMILES string of the molecule is CCOc1ccc(S(=O)(=O)N(CC(=O)N[C@H]2C[C@H]3CC[C@H]2C3)c2ccccc2)cc1. The van der Waals surface area contributed by atoms with Crippen molar-refractivity contribution in [2.45, 2.75) is 43.5 Å². The largest absolute Gasteiger partial charge is 0.494 e. The second-order valence-electron chi connectivity index (χ2n) is 8.10. The second-order valence-corrected chi connectivity index (χ2v) is 9.96. The molecule has 160 valence electrons. The molecule has 4 rings (SSSR count). The molecule has 0 aromatic heterocycles. The quantitative estimate of drug-likeness (QED) is 0.697. The number of anilines is 1. The number of sulfonamides is 1. The Labute approximate surface area is 178 Å². The highest BCUT2D eigenvalue weighted by Crippen LogP contribution is 2.44. The van der Waals surface area contributed by atoms with E-state index in [1.54, 1.807) is 36.4 Å². The van der Waals surface area contributed by atoms with Crippen molar-refractivity contribution in [1.29, 1.82) is 0 Å². The van der Waals surface area contributed by atoms with Gasteiger partial charge in [0, 0.05) is 6.04 Å². The number of nitrogens with zero attached hydrogens (tertiary/aromatic N) is 1. The first-order valence-electron chi connectivity index (χ1n) is 10.6. The summed E-state index contributed by atoms with van der Waals surface area (Å²) in [5.74, 6) is 1.59. The Kier molecular flexibility index (Phi) is 5.99. The van der Waals surface area contributed by atoms with Crippen molar-refractivity contribution in [2.24, 2.45) is 11.8 Å². The molecule has 0 aliphatic heterocycles. The van der Waals surface area contributed by atoms with Gasteiger partial charge in [-0.1, -0.05) is 24.6 Å². The molecule has 2 aromatic carbocycles. The van der Waals surface area contributed by atoms with E-state index in [0.29, 0.717) is 29.9 Å². The molecule has 2 aliphatic carbocycles. The summed E-state index contributed by atoms with van der Waals surface area (Å²) in [5.41, 5.74) is 0.467. The van der Waals surface area contributed by atoms with Crippen LogP contribution in [0.2, 0.25) is 0 Å². The van der Waals surface area contributed by atoms with E-state index in [0.717, 1.165) is 12.8 Å². The molecular formula is C23H28N2O4S. The Morgan fingerprint density at radius 2 is 1.80 bits per heavy atom. The molecule has 3 atom stereocenters. The van der Waals surface area contributed by atoms with Gasteiger partial charge in [0.15, 0.2) is 0 Å². The summed E-state index contributed by atoms with van der Waals surface area (Å²) in [4.78, 5) is 13.0. The van der Waals surface area contributed by atoms with Crippen LogP contribution < -0.4 is 14.4 Å². The van der Waals surface area contributed by atoms with Crippen LogP contribution in [0.25, 0.3) is 0 Å². The number of benzene rings is 2. The monoisotopic (exact) mass is 428 g/mol. The van der Waals surface area contributed by atoms with Crippen LogP contribution in [0, 0.1) is 11.8 Å². The maximum atomic E-state index is 13.4. The summed E-state index contributed by atoms with van der Waals surface area (Å²) in [6, 6.07) is 15.2. The molecule has 2 aromatic rings. The molecule has 2 saturated carbocycles.